The van der Waals surface area contributed by atoms with Crippen LogP contribution in [0, 0.1) is 13.8 Å². The number of halogens is 2. The molecule has 0 aliphatic carbocycles. The Morgan fingerprint density at radius 2 is 1.84 bits per heavy atom. The Morgan fingerprint density at radius 1 is 1.12 bits per heavy atom. The summed E-state index contributed by atoms with van der Waals surface area (Å²) in [5.41, 5.74) is 4.70. The van der Waals surface area contributed by atoms with Crippen molar-refractivity contribution in [3.63, 3.8) is 0 Å². The molecule has 0 bridgehead atoms. The van der Waals surface area contributed by atoms with Gasteiger partial charge in [-0.2, -0.15) is 8.78 Å². The molecule has 1 aromatic heterocycles. The minimum absolute atomic E-state index is 0.234. The highest BCUT2D eigenvalue weighted by Gasteiger charge is 2.24. The van der Waals surface area contributed by atoms with Gasteiger partial charge >= 0.3 is 6.55 Å². The van der Waals surface area contributed by atoms with Gasteiger partial charge in [-0.15, -0.1) is 0 Å². The lowest BCUT2D eigenvalue weighted by molar-refractivity contribution is 0.0657. The van der Waals surface area contributed by atoms with Crippen molar-refractivity contribution in [2.75, 3.05) is 7.05 Å². The van der Waals surface area contributed by atoms with Crippen molar-refractivity contribution < 1.29 is 8.78 Å². The summed E-state index contributed by atoms with van der Waals surface area (Å²) in [4.78, 5) is 6.53. The number of alkyl halides is 2. The number of benzene rings is 2. The molecule has 0 spiro atoms. The third kappa shape index (κ3) is 3.42. The summed E-state index contributed by atoms with van der Waals surface area (Å²) in [6, 6.07) is 13.1. The van der Waals surface area contributed by atoms with Crippen LogP contribution in [-0.4, -0.2) is 21.5 Å². The van der Waals surface area contributed by atoms with Gasteiger partial charge in [-0.05, 0) is 51.1 Å². The lowest BCUT2D eigenvalue weighted by Crippen LogP contribution is -2.25. The zero-order valence-corrected chi connectivity index (χ0v) is 15.0. The van der Waals surface area contributed by atoms with Gasteiger partial charge in [-0.3, -0.25) is 9.47 Å². The Morgan fingerprint density at radius 3 is 2.52 bits per heavy atom. The van der Waals surface area contributed by atoms with Crippen LogP contribution in [-0.2, 0) is 6.54 Å². The predicted molar refractivity (Wildman–Crippen MR) is 96.8 cm³/mol. The Bertz CT molecular complexity index is 886. The second-order valence-corrected chi connectivity index (χ2v) is 6.63. The average molecular weight is 343 g/mol. The molecule has 0 saturated heterocycles. The predicted octanol–water partition coefficient (Wildman–Crippen LogP) is 5.24. The smallest absolute Gasteiger partial charge is 0.292 e. The lowest BCUT2D eigenvalue weighted by Gasteiger charge is -2.25. The van der Waals surface area contributed by atoms with Crippen LogP contribution in [0.25, 0.3) is 11.0 Å². The molecule has 1 atom stereocenters. The van der Waals surface area contributed by atoms with Crippen LogP contribution in [0.1, 0.15) is 42.0 Å². The van der Waals surface area contributed by atoms with Gasteiger partial charge in [0.15, 0.2) is 0 Å². The number of aromatic nitrogens is 2. The van der Waals surface area contributed by atoms with E-state index in [2.05, 4.69) is 41.9 Å². The fraction of sp³-hybridized carbons (Fsp3) is 0.350. The fourth-order valence-corrected chi connectivity index (χ4v) is 3.19. The van der Waals surface area contributed by atoms with E-state index in [9.17, 15) is 8.78 Å². The van der Waals surface area contributed by atoms with Crippen LogP contribution in [0.2, 0.25) is 0 Å². The minimum atomic E-state index is -2.61. The number of para-hydroxylation sites is 2. The summed E-state index contributed by atoms with van der Waals surface area (Å²) in [6.07, 6.45) is 0. The largest absolute Gasteiger partial charge is 0.320 e. The van der Waals surface area contributed by atoms with Crippen molar-refractivity contribution in [1.29, 1.82) is 0 Å². The number of imidazole rings is 1. The maximum Gasteiger partial charge on any atom is 0.320 e. The molecule has 0 unspecified atom stereocenters. The number of hydrogen-bond acceptors (Lipinski definition) is 2. The summed E-state index contributed by atoms with van der Waals surface area (Å²) in [5, 5.41) is 0. The average Bonchev–Trinajstić information content (AvgIpc) is 2.96. The molecule has 0 fully saturated rings. The number of nitrogens with zero attached hydrogens (tertiary/aromatic N) is 3. The standard InChI is InChI=1S/C20H23F2N3/c1-13-9-10-16(14(2)11-13)12-24(4)15(3)19-23-17-7-5-6-8-18(17)25(19)20(21)22/h5-11,15,20H,12H2,1-4H3/t15-/m1/s1. The molecule has 0 N–H and O–H groups in total. The summed E-state index contributed by atoms with van der Waals surface area (Å²) in [6.45, 7) is 4.13. The normalized spacial score (nSPS) is 13.1. The van der Waals surface area contributed by atoms with E-state index in [0.717, 1.165) is 4.57 Å². The van der Waals surface area contributed by atoms with Gasteiger partial charge in [0.05, 0.1) is 17.1 Å². The summed E-state index contributed by atoms with van der Waals surface area (Å²) < 4.78 is 28.3. The second-order valence-electron chi connectivity index (χ2n) is 6.63. The van der Waals surface area contributed by atoms with Crippen LogP contribution >= 0.6 is 0 Å². The maximum absolute atomic E-state index is 13.7. The molecular formula is C20H23F2N3. The van der Waals surface area contributed by atoms with Crippen molar-refractivity contribution in [1.82, 2.24) is 14.5 Å². The van der Waals surface area contributed by atoms with E-state index in [1.165, 1.54) is 16.7 Å². The number of hydrogen-bond donors (Lipinski definition) is 0. The van der Waals surface area contributed by atoms with Gasteiger partial charge < -0.3 is 0 Å². The molecule has 3 aromatic rings. The SMILES string of the molecule is Cc1ccc(CN(C)[C@H](C)c2nc3ccccc3n2C(F)F)c(C)c1. The van der Waals surface area contributed by atoms with Gasteiger partial charge in [0.25, 0.3) is 0 Å². The Balaban J connectivity index is 1.93. The number of aryl methyl sites for hydroxylation is 2. The summed E-state index contributed by atoms with van der Waals surface area (Å²) >= 11 is 0. The Labute approximate surface area is 146 Å². The third-order valence-electron chi connectivity index (χ3n) is 4.77. The van der Waals surface area contributed by atoms with Crippen LogP contribution in [0.4, 0.5) is 8.78 Å². The summed E-state index contributed by atoms with van der Waals surface area (Å²) in [5.74, 6) is 0.392. The highest BCUT2D eigenvalue weighted by atomic mass is 19.3. The van der Waals surface area contributed by atoms with E-state index < -0.39 is 6.55 Å². The van der Waals surface area contributed by atoms with Crippen LogP contribution in [0.15, 0.2) is 42.5 Å². The van der Waals surface area contributed by atoms with E-state index in [-0.39, 0.29) is 6.04 Å². The Kier molecular flexibility index (Phi) is 4.86. The van der Waals surface area contributed by atoms with Gasteiger partial charge in [-0.1, -0.05) is 35.9 Å². The fourth-order valence-electron chi connectivity index (χ4n) is 3.19. The first-order valence-corrected chi connectivity index (χ1v) is 8.40. The topological polar surface area (TPSA) is 21.1 Å². The minimum Gasteiger partial charge on any atom is -0.292 e. The molecule has 0 aliphatic rings. The molecule has 3 rings (SSSR count). The zero-order valence-electron chi connectivity index (χ0n) is 15.0. The maximum atomic E-state index is 13.7. The molecule has 25 heavy (non-hydrogen) atoms. The zero-order chi connectivity index (χ0) is 18.1. The van der Waals surface area contributed by atoms with E-state index in [0.29, 0.717) is 23.4 Å². The monoisotopic (exact) mass is 343 g/mol. The van der Waals surface area contributed by atoms with E-state index in [1.54, 1.807) is 18.2 Å². The highest BCUT2D eigenvalue weighted by molar-refractivity contribution is 5.76. The Hall–Kier alpha value is -2.27. The van der Waals surface area contributed by atoms with E-state index in [4.69, 9.17) is 0 Å². The number of rotatable bonds is 5. The molecule has 132 valence electrons. The molecule has 0 radical (unpaired) electrons. The van der Waals surface area contributed by atoms with Gasteiger partial charge in [0, 0.05) is 6.54 Å². The van der Waals surface area contributed by atoms with Gasteiger partial charge in [-0.25, -0.2) is 4.98 Å². The van der Waals surface area contributed by atoms with Crippen molar-refractivity contribution in [2.24, 2.45) is 0 Å². The molecule has 0 amide bonds. The first kappa shape index (κ1) is 17.5. The van der Waals surface area contributed by atoms with E-state index in [1.807, 2.05) is 20.0 Å². The third-order valence-corrected chi connectivity index (χ3v) is 4.77. The number of fused-ring (bicyclic) bond motifs is 1. The molecule has 0 saturated carbocycles. The lowest BCUT2D eigenvalue weighted by atomic mass is 10.0. The van der Waals surface area contributed by atoms with Gasteiger partial charge in [0.1, 0.15) is 5.82 Å². The van der Waals surface area contributed by atoms with Crippen molar-refractivity contribution in [3.8, 4) is 0 Å². The molecule has 5 heteroatoms. The second kappa shape index (κ2) is 6.92. The van der Waals surface area contributed by atoms with Crippen LogP contribution in [0.3, 0.4) is 0 Å². The highest BCUT2D eigenvalue weighted by Crippen LogP contribution is 2.29. The van der Waals surface area contributed by atoms with Crippen LogP contribution in [0.5, 0.6) is 0 Å². The van der Waals surface area contributed by atoms with Crippen LogP contribution < -0.4 is 0 Å². The van der Waals surface area contributed by atoms with E-state index >= 15 is 0 Å². The molecule has 0 aliphatic heterocycles. The van der Waals surface area contributed by atoms with Crippen molar-refractivity contribution in [3.05, 3.63) is 65.0 Å². The van der Waals surface area contributed by atoms with Gasteiger partial charge in [0.2, 0.25) is 0 Å². The van der Waals surface area contributed by atoms with Crippen molar-refractivity contribution >= 4 is 11.0 Å². The molecule has 1 heterocycles. The summed E-state index contributed by atoms with van der Waals surface area (Å²) in [7, 11) is 1.94. The first-order valence-electron chi connectivity index (χ1n) is 8.40. The molecular weight excluding hydrogens is 320 g/mol. The first-order chi connectivity index (χ1) is 11.9. The molecule has 2 aromatic carbocycles. The molecule has 3 nitrogen and oxygen atoms in total. The quantitative estimate of drug-likeness (QED) is 0.631. The van der Waals surface area contributed by atoms with Crippen molar-refractivity contribution in [2.45, 2.75) is 39.9 Å².